The Morgan fingerprint density at radius 3 is 1.94 bits per heavy atom. The van der Waals surface area contributed by atoms with Crippen LogP contribution in [0.25, 0.3) is 111 Å². The Labute approximate surface area is 355 Å². The Morgan fingerprint density at radius 1 is 0.419 bits per heavy atom. The molecule has 0 aliphatic heterocycles. The van der Waals surface area contributed by atoms with E-state index >= 15 is 0 Å². The molecule has 290 valence electrons. The number of para-hydroxylation sites is 3. The topological polar surface area (TPSA) is 65.0 Å². The van der Waals surface area contributed by atoms with Crippen LogP contribution in [0.2, 0.25) is 0 Å². The largest absolute Gasteiger partial charge is 0.455 e. The molecule has 3 aromatic heterocycles. The molecule has 62 heavy (non-hydrogen) atoms. The Balaban J connectivity index is 1.03. The van der Waals surface area contributed by atoms with E-state index in [-0.39, 0.29) is 5.92 Å². The second kappa shape index (κ2) is 13.7. The van der Waals surface area contributed by atoms with Gasteiger partial charge in [0.1, 0.15) is 28.2 Å². The highest BCUT2D eigenvalue weighted by molar-refractivity contribution is 6.19. The molecule has 5 nitrogen and oxygen atoms in total. The first-order chi connectivity index (χ1) is 30.7. The first-order valence-electron chi connectivity index (χ1n) is 21.1. The smallest absolute Gasteiger partial charge is 0.167 e. The summed E-state index contributed by atoms with van der Waals surface area (Å²) in [5, 5.41) is 11.5. The molecular formula is C57H35N3O2. The summed E-state index contributed by atoms with van der Waals surface area (Å²) < 4.78 is 13.5. The molecule has 0 spiro atoms. The Hall–Kier alpha value is -8.15. The van der Waals surface area contributed by atoms with Crippen molar-refractivity contribution in [1.29, 1.82) is 0 Å². The lowest BCUT2D eigenvalue weighted by Crippen LogP contribution is -2.32. The van der Waals surface area contributed by atoms with Crippen LogP contribution in [0.4, 0.5) is 0 Å². The van der Waals surface area contributed by atoms with Crippen molar-refractivity contribution in [2.24, 2.45) is 0 Å². The lowest BCUT2D eigenvalue weighted by Gasteiger charge is -2.21. The molecule has 12 aromatic rings. The zero-order valence-corrected chi connectivity index (χ0v) is 33.4. The number of fused-ring (bicyclic) bond motifs is 10. The van der Waals surface area contributed by atoms with E-state index in [4.69, 9.17) is 23.8 Å². The minimum atomic E-state index is -0.156. The van der Waals surface area contributed by atoms with Crippen molar-refractivity contribution < 1.29 is 8.83 Å². The maximum absolute atomic E-state index is 6.95. The van der Waals surface area contributed by atoms with Gasteiger partial charge in [0.2, 0.25) is 0 Å². The lowest BCUT2D eigenvalue weighted by molar-refractivity contribution is 0.669. The van der Waals surface area contributed by atoms with Crippen LogP contribution < -0.4 is 10.4 Å². The van der Waals surface area contributed by atoms with Gasteiger partial charge in [-0.05, 0) is 85.4 Å². The second-order valence-electron chi connectivity index (χ2n) is 16.2. The van der Waals surface area contributed by atoms with Gasteiger partial charge in [-0.25, -0.2) is 15.0 Å². The molecule has 0 bridgehead atoms. The van der Waals surface area contributed by atoms with Gasteiger partial charge in [-0.15, -0.1) is 0 Å². The average Bonchev–Trinajstić information content (AvgIpc) is 3.93. The molecule has 3 heterocycles. The Morgan fingerprint density at radius 2 is 1.06 bits per heavy atom. The molecule has 13 rings (SSSR count). The molecule has 0 saturated carbocycles. The van der Waals surface area contributed by atoms with E-state index in [1.807, 2.05) is 36.4 Å². The van der Waals surface area contributed by atoms with Crippen LogP contribution in [-0.4, -0.2) is 15.0 Å². The highest BCUT2D eigenvalue weighted by Gasteiger charge is 2.27. The molecule has 1 aliphatic carbocycles. The maximum atomic E-state index is 6.95. The SMILES string of the molecule is C1=c2ccccc2=C(c2ccc(-c3cc4ccccc4c4ccccc34)c3oc4ccccc4c23)CC1c1nc(-c2ccccc2)nc(-c2cccc3c2oc2ccccc23)n1. The fraction of sp³-hybridized carbons (Fsp3) is 0.0351. The normalized spacial score (nSPS) is 14.0. The van der Waals surface area contributed by atoms with E-state index in [0.717, 1.165) is 76.9 Å². The number of rotatable bonds is 5. The van der Waals surface area contributed by atoms with E-state index in [0.29, 0.717) is 23.9 Å². The van der Waals surface area contributed by atoms with Gasteiger partial charge in [-0.1, -0.05) is 164 Å². The number of nitrogens with zero attached hydrogens (tertiary/aromatic N) is 3. The van der Waals surface area contributed by atoms with Crippen LogP contribution in [0.1, 0.15) is 23.7 Å². The van der Waals surface area contributed by atoms with Crippen molar-refractivity contribution in [3.05, 3.63) is 210 Å². The van der Waals surface area contributed by atoms with Crippen molar-refractivity contribution in [2.45, 2.75) is 12.3 Å². The summed E-state index contributed by atoms with van der Waals surface area (Å²) in [7, 11) is 0. The van der Waals surface area contributed by atoms with Crippen LogP contribution in [0.3, 0.4) is 0 Å². The van der Waals surface area contributed by atoms with E-state index in [1.54, 1.807) is 0 Å². The summed E-state index contributed by atoms with van der Waals surface area (Å²) in [6.07, 6.45) is 3.01. The number of aromatic nitrogens is 3. The van der Waals surface area contributed by atoms with Crippen LogP contribution in [-0.2, 0) is 0 Å². The average molecular weight is 794 g/mol. The number of hydrogen-bond donors (Lipinski definition) is 0. The van der Waals surface area contributed by atoms with Gasteiger partial charge in [0.05, 0.1) is 5.56 Å². The minimum Gasteiger partial charge on any atom is -0.455 e. The highest BCUT2D eigenvalue weighted by Crippen LogP contribution is 2.45. The van der Waals surface area contributed by atoms with Crippen LogP contribution in [0.15, 0.2) is 197 Å². The molecule has 1 aliphatic rings. The van der Waals surface area contributed by atoms with Gasteiger partial charge < -0.3 is 8.83 Å². The monoisotopic (exact) mass is 793 g/mol. The van der Waals surface area contributed by atoms with Gasteiger partial charge >= 0.3 is 0 Å². The molecule has 0 radical (unpaired) electrons. The van der Waals surface area contributed by atoms with Gasteiger partial charge in [0.15, 0.2) is 11.6 Å². The van der Waals surface area contributed by atoms with Gasteiger partial charge in [0, 0.05) is 38.6 Å². The Kier molecular flexibility index (Phi) is 7.66. The predicted octanol–water partition coefficient (Wildman–Crippen LogP) is 13.1. The zero-order chi connectivity index (χ0) is 40.7. The third-order valence-corrected chi connectivity index (χ3v) is 12.7. The first-order valence-corrected chi connectivity index (χ1v) is 21.1. The minimum absolute atomic E-state index is 0.156. The third-order valence-electron chi connectivity index (χ3n) is 12.7. The van der Waals surface area contributed by atoms with Gasteiger partial charge in [-0.2, -0.15) is 0 Å². The molecule has 1 atom stereocenters. The highest BCUT2D eigenvalue weighted by atomic mass is 16.3. The third kappa shape index (κ3) is 5.38. The number of hydrogen-bond acceptors (Lipinski definition) is 5. The van der Waals surface area contributed by atoms with E-state index < -0.39 is 0 Å². The van der Waals surface area contributed by atoms with E-state index in [2.05, 4.69) is 158 Å². The summed E-state index contributed by atoms with van der Waals surface area (Å²) >= 11 is 0. The standard InChI is InChI=1S/C57H35N3O2/c1-2-15-34(16-3-1)55-58-56(60-57(59-55)47-26-14-25-44-42-23-10-12-27-50(42)61-53(44)47)37-31-35-17-4-7-20-39(35)48(33-37)43-29-30-45(54-52(43)46-24-11-13-28-51(46)62-54)49-32-36-18-5-6-19-38(36)40-21-8-9-22-41(40)49/h1-32,37H,33H2. The van der Waals surface area contributed by atoms with Crippen molar-refractivity contribution >= 4 is 77.1 Å². The maximum Gasteiger partial charge on any atom is 0.167 e. The van der Waals surface area contributed by atoms with Crippen molar-refractivity contribution in [3.8, 4) is 33.9 Å². The van der Waals surface area contributed by atoms with Gasteiger partial charge in [-0.3, -0.25) is 0 Å². The van der Waals surface area contributed by atoms with Gasteiger partial charge in [0.25, 0.3) is 0 Å². The lowest BCUT2D eigenvalue weighted by atomic mass is 9.84. The van der Waals surface area contributed by atoms with Crippen molar-refractivity contribution in [2.75, 3.05) is 0 Å². The van der Waals surface area contributed by atoms with Crippen LogP contribution >= 0.6 is 0 Å². The molecule has 0 fully saturated rings. The number of benzene rings is 9. The quantitative estimate of drug-likeness (QED) is 0.162. The molecule has 1 unspecified atom stereocenters. The van der Waals surface area contributed by atoms with Crippen molar-refractivity contribution in [1.82, 2.24) is 15.0 Å². The van der Waals surface area contributed by atoms with Crippen LogP contribution in [0.5, 0.6) is 0 Å². The second-order valence-corrected chi connectivity index (χ2v) is 16.2. The molecular weight excluding hydrogens is 759 g/mol. The summed E-state index contributed by atoms with van der Waals surface area (Å²) in [6.45, 7) is 0. The summed E-state index contributed by atoms with van der Waals surface area (Å²) in [5.74, 6) is 1.77. The molecule has 9 aromatic carbocycles. The van der Waals surface area contributed by atoms with Crippen molar-refractivity contribution in [3.63, 3.8) is 0 Å². The molecule has 0 amide bonds. The van der Waals surface area contributed by atoms with E-state index in [1.165, 1.54) is 32.3 Å². The van der Waals surface area contributed by atoms with E-state index in [9.17, 15) is 0 Å². The number of furan rings is 2. The molecule has 0 saturated heterocycles. The molecule has 0 N–H and O–H groups in total. The fourth-order valence-electron chi connectivity index (χ4n) is 9.83. The summed E-state index contributed by atoms with van der Waals surface area (Å²) in [4.78, 5) is 15.8. The summed E-state index contributed by atoms with van der Waals surface area (Å²) in [5.41, 5.74) is 9.71. The Bertz CT molecular complexity index is 3920. The molecule has 5 heteroatoms. The first kappa shape index (κ1) is 34.7. The zero-order valence-electron chi connectivity index (χ0n) is 33.4. The summed E-state index contributed by atoms with van der Waals surface area (Å²) in [6, 6.07) is 65.9. The predicted molar refractivity (Wildman–Crippen MR) is 252 cm³/mol. The fourth-order valence-corrected chi connectivity index (χ4v) is 9.83. The van der Waals surface area contributed by atoms with Crippen LogP contribution in [0, 0.1) is 0 Å².